The number of carbonyl (C=O) groups is 1. The van der Waals surface area contributed by atoms with E-state index in [9.17, 15) is 9.00 Å². The highest BCUT2D eigenvalue weighted by Crippen LogP contribution is 2.36. The Bertz CT molecular complexity index is 1050. The average molecular weight is 411 g/mol. The lowest BCUT2D eigenvalue weighted by Gasteiger charge is -2.19. The van der Waals surface area contributed by atoms with Crippen LogP contribution in [0.3, 0.4) is 0 Å². The molecule has 0 saturated heterocycles. The van der Waals surface area contributed by atoms with Crippen LogP contribution < -0.4 is 10.1 Å². The number of carbonyl (C=O) groups excluding carboxylic acids is 1. The van der Waals surface area contributed by atoms with Gasteiger partial charge < -0.3 is 10.1 Å². The number of anilines is 2. The Morgan fingerprint density at radius 2 is 1.86 bits per heavy atom. The second kappa shape index (κ2) is 9.65. The molecule has 6 heteroatoms. The van der Waals surface area contributed by atoms with Crippen molar-refractivity contribution < 1.29 is 13.7 Å². The number of aryl methyl sites for hydroxylation is 1. The normalized spacial score (nSPS) is 12.0. The molecule has 0 spiro atoms. The van der Waals surface area contributed by atoms with Gasteiger partial charge in [0.25, 0.3) is 0 Å². The minimum Gasteiger partial charge on any atom is -0.476 e. The number of nitrogens with one attached hydrogen (secondary N) is 1. The van der Waals surface area contributed by atoms with Gasteiger partial charge in [0.15, 0.2) is 5.78 Å². The Morgan fingerprint density at radius 1 is 1.14 bits per heavy atom. The second-order valence-electron chi connectivity index (χ2n) is 6.92. The van der Waals surface area contributed by atoms with Crippen molar-refractivity contribution in [2.45, 2.75) is 26.7 Å². The molecule has 0 aliphatic heterocycles. The fourth-order valence-electron chi connectivity index (χ4n) is 3.14. The molecular weight excluding hydrogens is 384 g/mol. The van der Waals surface area contributed by atoms with E-state index in [-0.39, 0.29) is 12.4 Å². The van der Waals surface area contributed by atoms with Gasteiger partial charge in [-0.1, -0.05) is 43.3 Å². The lowest BCUT2D eigenvalue weighted by Crippen LogP contribution is -2.13. The summed E-state index contributed by atoms with van der Waals surface area (Å²) in [4.78, 5) is 17.7. The zero-order chi connectivity index (χ0) is 20.8. The summed E-state index contributed by atoms with van der Waals surface area (Å²) in [6, 6.07) is 15.6. The molecule has 0 aliphatic rings. The van der Waals surface area contributed by atoms with Crippen molar-refractivity contribution in [2.75, 3.05) is 23.9 Å². The molecule has 1 heterocycles. The number of para-hydroxylation sites is 2. The van der Waals surface area contributed by atoms with E-state index in [1.54, 1.807) is 6.26 Å². The molecule has 5 nitrogen and oxygen atoms in total. The van der Waals surface area contributed by atoms with Gasteiger partial charge in [-0.25, -0.2) is 4.98 Å². The number of rotatable bonds is 9. The van der Waals surface area contributed by atoms with Crippen LogP contribution in [0.4, 0.5) is 11.4 Å². The van der Waals surface area contributed by atoms with Gasteiger partial charge in [-0.3, -0.25) is 9.00 Å². The van der Waals surface area contributed by atoms with Gasteiger partial charge in [0.05, 0.1) is 17.0 Å². The van der Waals surface area contributed by atoms with E-state index in [4.69, 9.17) is 4.74 Å². The first-order chi connectivity index (χ1) is 14.0. The Hall–Kier alpha value is -2.73. The summed E-state index contributed by atoms with van der Waals surface area (Å²) >= 11 is 0. The molecule has 0 bridgehead atoms. The van der Waals surface area contributed by atoms with E-state index in [0.29, 0.717) is 29.3 Å². The van der Waals surface area contributed by atoms with Crippen LogP contribution in [-0.2, 0) is 10.8 Å². The van der Waals surface area contributed by atoms with E-state index in [1.165, 1.54) is 0 Å². The first-order valence-electron chi connectivity index (χ1n) is 9.72. The van der Waals surface area contributed by atoms with Crippen molar-refractivity contribution in [2.24, 2.45) is 0 Å². The van der Waals surface area contributed by atoms with Crippen LogP contribution in [-0.4, -0.2) is 33.6 Å². The van der Waals surface area contributed by atoms with Gasteiger partial charge in [-0.2, -0.15) is 0 Å². The Labute approximate surface area is 174 Å². The van der Waals surface area contributed by atoms with Crippen LogP contribution in [0.5, 0.6) is 5.88 Å². The molecule has 3 aromatic rings. The summed E-state index contributed by atoms with van der Waals surface area (Å²) in [5.41, 5.74) is 3.90. The number of pyridine rings is 1. The van der Waals surface area contributed by atoms with Crippen molar-refractivity contribution in [3.05, 3.63) is 59.7 Å². The number of ketones is 1. The quantitative estimate of drug-likeness (QED) is 0.501. The Kier molecular flexibility index (Phi) is 6.99. The summed E-state index contributed by atoms with van der Waals surface area (Å²) in [5, 5.41) is 4.32. The Morgan fingerprint density at radius 3 is 2.59 bits per heavy atom. The summed E-state index contributed by atoms with van der Waals surface area (Å²) in [6.07, 6.45) is 2.76. The van der Waals surface area contributed by atoms with Gasteiger partial charge >= 0.3 is 0 Å². The van der Waals surface area contributed by atoms with Crippen molar-refractivity contribution in [3.63, 3.8) is 0 Å². The predicted octanol–water partition coefficient (Wildman–Crippen LogP) is 5.03. The molecule has 0 amide bonds. The minimum absolute atomic E-state index is 0.0190. The maximum atomic E-state index is 13.1. The number of hydrogen-bond acceptors (Lipinski definition) is 5. The van der Waals surface area contributed by atoms with E-state index in [2.05, 4.69) is 10.3 Å². The average Bonchev–Trinajstić information content (AvgIpc) is 2.69. The molecule has 0 radical (unpaired) electrons. The van der Waals surface area contributed by atoms with Crippen LogP contribution >= 0.6 is 0 Å². The number of fused-ring (bicyclic) bond motifs is 1. The van der Waals surface area contributed by atoms with Crippen LogP contribution in [0.15, 0.2) is 48.5 Å². The number of hydrogen-bond donors (Lipinski definition) is 1. The van der Waals surface area contributed by atoms with Crippen molar-refractivity contribution in [3.8, 4) is 5.88 Å². The second-order valence-corrected chi connectivity index (χ2v) is 8.48. The largest absolute Gasteiger partial charge is 0.476 e. The number of nitrogens with zero attached hydrogens (tertiary/aromatic N) is 1. The first-order valence-corrected chi connectivity index (χ1v) is 11.5. The fraction of sp³-hybridized carbons (Fsp3) is 0.304. The van der Waals surface area contributed by atoms with E-state index in [1.807, 2.05) is 62.4 Å². The number of benzene rings is 2. The molecule has 1 unspecified atom stereocenters. The maximum Gasteiger partial charge on any atom is 0.227 e. The third-order valence-electron chi connectivity index (χ3n) is 4.63. The molecule has 3 rings (SSSR count). The van der Waals surface area contributed by atoms with Crippen molar-refractivity contribution in [1.82, 2.24) is 4.98 Å². The molecule has 29 heavy (non-hydrogen) atoms. The molecule has 152 valence electrons. The zero-order valence-corrected chi connectivity index (χ0v) is 17.8. The van der Waals surface area contributed by atoms with E-state index >= 15 is 0 Å². The standard InChI is InChI=1S/C23H26N2O3S/c1-4-9-20(26)21-22(24-18-12-7-5-10-16(18)2)17-11-6-8-13-19(17)25-23(21)28-14-15-29(3)27/h5-8,10-13H,4,9,14-15H2,1-3H3,(H,24,25). The molecular formula is C23H26N2O3S. The third kappa shape index (κ3) is 5.01. The number of aromatic nitrogens is 1. The summed E-state index contributed by atoms with van der Waals surface area (Å²) in [6.45, 7) is 4.24. The van der Waals surface area contributed by atoms with Crippen LogP contribution in [0.25, 0.3) is 10.9 Å². The van der Waals surface area contributed by atoms with Gasteiger partial charge in [0.1, 0.15) is 12.2 Å². The molecule has 2 aromatic carbocycles. The number of ether oxygens (including phenoxy) is 1. The lowest BCUT2D eigenvalue weighted by molar-refractivity contribution is 0.0978. The predicted molar refractivity (Wildman–Crippen MR) is 120 cm³/mol. The fourth-order valence-corrected chi connectivity index (χ4v) is 3.46. The molecule has 0 aliphatic carbocycles. The van der Waals surface area contributed by atoms with Crippen LogP contribution in [0, 0.1) is 6.92 Å². The van der Waals surface area contributed by atoms with Crippen molar-refractivity contribution >= 4 is 38.9 Å². The molecule has 0 saturated carbocycles. The highest BCUT2D eigenvalue weighted by atomic mass is 32.2. The van der Waals surface area contributed by atoms with Gasteiger partial charge in [0, 0.05) is 34.5 Å². The lowest BCUT2D eigenvalue weighted by atomic mass is 10.0. The van der Waals surface area contributed by atoms with Crippen LogP contribution in [0.2, 0.25) is 0 Å². The van der Waals surface area contributed by atoms with Gasteiger partial charge in [-0.15, -0.1) is 0 Å². The number of Topliss-reactive ketones (excluding diaryl/α,β-unsaturated/α-hetero) is 1. The zero-order valence-electron chi connectivity index (χ0n) is 17.0. The highest BCUT2D eigenvalue weighted by molar-refractivity contribution is 7.84. The molecule has 1 N–H and O–H groups in total. The SMILES string of the molecule is CCCC(=O)c1c(OCCS(C)=O)nc2ccccc2c1Nc1ccccc1C. The highest BCUT2D eigenvalue weighted by Gasteiger charge is 2.22. The van der Waals surface area contributed by atoms with E-state index in [0.717, 1.165) is 28.6 Å². The molecule has 1 aromatic heterocycles. The minimum atomic E-state index is -0.980. The van der Waals surface area contributed by atoms with Crippen LogP contribution in [0.1, 0.15) is 35.7 Å². The van der Waals surface area contributed by atoms with Crippen molar-refractivity contribution in [1.29, 1.82) is 0 Å². The summed E-state index contributed by atoms with van der Waals surface area (Å²) < 4.78 is 17.3. The Balaban J connectivity index is 2.18. The summed E-state index contributed by atoms with van der Waals surface area (Å²) in [7, 11) is -0.980. The maximum absolute atomic E-state index is 13.1. The summed E-state index contributed by atoms with van der Waals surface area (Å²) in [5.74, 6) is 0.661. The monoisotopic (exact) mass is 410 g/mol. The third-order valence-corrected chi connectivity index (χ3v) is 5.37. The smallest absolute Gasteiger partial charge is 0.227 e. The first kappa shape index (κ1) is 21.0. The van der Waals surface area contributed by atoms with Gasteiger partial charge in [-0.05, 0) is 31.0 Å². The van der Waals surface area contributed by atoms with Gasteiger partial charge in [0.2, 0.25) is 5.88 Å². The molecule has 1 atom stereocenters. The topological polar surface area (TPSA) is 68.3 Å². The van der Waals surface area contributed by atoms with E-state index < -0.39 is 10.8 Å². The molecule has 0 fully saturated rings.